The highest BCUT2D eigenvalue weighted by Gasteiger charge is 2.18. The van der Waals surface area contributed by atoms with Crippen LogP contribution >= 0.6 is 0 Å². The molecular formula is C22H30N4O5S. The highest BCUT2D eigenvalue weighted by Crippen LogP contribution is 2.32. The Labute approximate surface area is 189 Å². The minimum atomic E-state index is -3.62. The van der Waals surface area contributed by atoms with Gasteiger partial charge in [0.1, 0.15) is 19.0 Å². The summed E-state index contributed by atoms with van der Waals surface area (Å²) < 4.78 is 38.4. The average Bonchev–Trinajstić information content (AvgIpc) is 2.79. The van der Waals surface area contributed by atoms with E-state index in [0.29, 0.717) is 57.1 Å². The third kappa shape index (κ3) is 6.83. The molecule has 0 radical (unpaired) electrons. The smallest absolute Gasteiger partial charge is 0.240 e. The summed E-state index contributed by atoms with van der Waals surface area (Å²) in [5.74, 6) is 1.83. The van der Waals surface area contributed by atoms with Crippen molar-refractivity contribution in [2.45, 2.75) is 37.1 Å². The van der Waals surface area contributed by atoms with Crippen LogP contribution in [0.25, 0.3) is 0 Å². The van der Waals surface area contributed by atoms with Crippen LogP contribution in [0, 0.1) is 0 Å². The van der Waals surface area contributed by atoms with Crippen LogP contribution in [0.3, 0.4) is 0 Å². The molecule has 0 saturated heterocycles. The number of benzene rings is 1. The zero-order chi connectivity index (χ0) is 23.0. The first-order valence-electron chi connectivity index (χ1n) is 10.6. The van der Waals surface area contributed by atoms with E-state index >= 15 is 0 Å². The molecule has 0 saturated carbocycles. The maximum absolute atomic E-state index is 12.5. The van der Waals surface area contributed by atoms with Gasteiger partial charge in [0.05, 0.1) is 4.90 Å². The largest absolute Gasteiger partial charge is 0.486 e. The predicted octanol–water partition coefficient (Wildman–Crippen LogP) is 2.07. The molecule has 3 rings (SSSR count). The van der Waals surface area contributed by atoms with Crippen LogP contribution < -0.4 is 24.4 Å². The normalized spacial score (nSPS) is 12.9. The van der Waals surface area contributed by atoms with E-state index in [2.05, 4.69) is 15.0 Å². The van der Waals surface area contributed by atoms with E-state index in [1.165, 1.54) is 12.1 Å². The fourth-order valence-corrected chi connectivity index (χ4v) is 4.23. The molecule has 0 bridgehead atoms. The van der Waals surface area contributed by atoms with Crippen molar-refractivity contribution in [3.8, 4) is 11.5 Å². The first kappa shape index (κ1) is 23.8. The number of nitrogens with zero attached hydrogens (tertiary/aromatic N) is 2. The lowest BCUT2D eigenvalue weighted by Crippen LogP contribution is -2.25. The van der Waals surface area contributed by atoms with Crippen molar-refractivity contribution < 1.29 is 22.7 Å². The molecule has 32 heavy (non-hydrogen) atoms. The van der Waals surface area contributed by atoms with Crippen molar-refractivity contribution in [1.29, 1.82) is 0 Å². The molecule has 0 atom stereocenters. The van der Waals surface area contributed by atoms with Crippen molar-refractivity contribution in [3.05, 3.63) is 42.1 Å². The second-order valence-corrected chi connectivity index (χ2v) is 9.48. The Morgan fingerprint density at radius 3 is 2.56 bits per heavy atom. The quantitative estimate of drug-likeness (QED) is 0.492. The third-order valence-electron chi connectivity index (χ3n) is 4.95. The van der Waals surface area contributed by atoms with Crippen LogP contribution in [-0.2, 0) is 21.4 Å². The van der Waals surface area contributed by atoms with Gasteiger partial charge in [-0.15, -0.1) is 0 Å². The van der Waals surface area contributed by atoms with Gasteiger partial charge in [-0.3, -0.25) is 4.79 Å². The average molecular weight is 463 g/mol. The van der Waals surface area contributed by atoms with E-state index in [4.69, 9.17) is 9.47 Å². The number of carbonyl (C=O) groups is 1. The summed E-state index contributed by atoms with van der Waals surface area (Å²) in [6.07, 6.45) is 4.24. The summed E-state index contributed by atoms with van der Waals surface area (Å²) in [6.45, 7) is 1.60. The maximum Gasteiger partial charge on any atom is 0.240 e. The molecule has 2 aromatic rings. The Bertz CT molecular complexity index is 1010. The number of hydrogen-bond acceptors (Lipinski definition) is 7. The first-order valence-corrected chi connectivity index (χ1v) is 12.1. The molecule has 1 aromatic carbocycles. The molecule has 0 unspecified atom stereocenters. The molecule has 0 fully saturated rings. The van der Waals surface area contributed by atoms with Gasteiger partial charge in [0.15, 0.2) is 11.5 Å². The number of fused-ring (bicyclic) bond motifs is 1. The number of unbranched alkanes of at least 4 members (excludes halogenated alkanes) is 2. The SMILES string of the molecule is CN(C)c1ccc(CNC(=O)CCCCCNS(=O)(=O)c2ccc3c(c2)OCCO3)cn1. The molecule has 174 valence electrons. The molecule has 0 aliphatic carbocycles. The topological polar surface area (TPSA) is 110 Å². The monoisotopic (exact) mass is 462 g/mol. The van der Waals surface area contributed by atoms with Crippen LogP contribution in [0.15, 0.2) is 41.4 Å². The summed E-state index contributed by atoms with van der Waals surface area (Å²) in [7, 11) is 0.229. The number of aromatic nitrogens is 1. The standard InChI is InChI=1S/C22H30N4O5S/c1-26(2)21-10-7-17(15-23-21)16-24-22(27)6-4-3-5-11-25-32(28,29)18-8-9-19-20(14-18)31-13-12-30-19/h7-10,14-15,25H,3-6,11-13,16H2,1-2H3,(H,24,27). The third-order valence-corrected chi connectivity index (χ3v) is 6.41. The molecule has 1 aromatic heterocycles. The summed E-state index contributed by atoms with van der Waals surface area (Å²) in [4.78, 5) is 18.4. The van der Waals surface area contributed by atoms with Crippen molar-refractivity contribution in [3.63, 3.8) is 0 Å². The van der Waals surface area contributed by atoms with Crippen molar-refractivity contribution in [2.24, 2.45) is 0 Å². The highest BCUT2D eigenvalue weighted by molar-refractivity contribution is 7.89. The number of anilines is 1. The maximum atomic E-state index is 12.5. The van der Waals surface area contributed by atoms with Gasteiger partial charge < -0.3 is 19.7 Å². The summed E-state index contributed by atoms with van der Waals surface area (Å²) >= 11 is 0. The zero-order valence-electron chi connectivity index (χ0n) is 18.5. The molecule has 10 heteroatoms. The molecule has 1 aliphatic heterocycles. The van der Waals surface area contributed by atoms with Crippen molar-refractivity contribution in [2.75, 3.05) is 38.8 Å². The Morgan fingerprint density at radius 2 is 1.84 bits per heavy atom. The van der Waals surface area contributed by atoms with Gasteiger partial charge in [0, 0.05) is 45.9 Å². The minimum absolute atomic E-state index is 0.0291. The van der Waals surface area contributed by atoms with E-state index < -0.39 is 10.0 Å². The molecular weight excluding hydrogens is 432 g/mol. The number of amides is 1. The molecule has 2 N–H and O–H groups in total. The number of rotatable bonds is 11. The van der Waals surface area contributed by atoms with E-state index in [0.717, 1.165) is 17.8 Å². The lowest BCUT2D eigenvalue weighted by Gasteiger charge is -2.18. The fourth-order valence-electron chi connectivity index (χ4n) is 3.14. The van der Waals surface area contributed by atoms with Crippen LogP contribution in [-0.4, -0.2) is 53.2 Å². The van der Waals surface area contributed by atoms with Gasteiger partial charge in [-0.05, 0) is 36.6 Å². The van der Waals surface area contributed by atoms with Crippen LogP contribution in [0.4, 0.5) is 5.82 Å². The predicted molar refractivity (Wildman–Crippen MR) is 121 cm³/mol. The summed E-state index contributed by atoms with van der Waals surface area (Å²) in [6, 6.07) is 8.44. The second-order valence-electron chi connectivity index (χ2n) is 7.71. The van der Waals surface area contributed by atoms with Crippen molar-refractivity contribution >= 4 is 21.7 Å². The van der Waals surface area contributed by atoms with Gasteiger partial charge >= 0.3 is 0 Å². The molecule has 9 nitrogen and oxygen atoms in total. The number of hydrogen-bond donors (Lipinski definition) is 2. The Hall–Kier alpha value is -2.85. The van der Waals surface area contributed by atoms with Gasteiger partial charge in [-0.2, -0.15) is 0 Å². The second kappa shape index (κ2) is 11.1. The molecule has 0 spiro atoms. The molecule has 1 aliphatic rings. The number of nitrogens with one attached hydrogen (secondary N) is 2. The summed E-state index contributed by atoms with van der Waals surface area (Å²) in [5.41, 5.74) is 0.942. The highest BCUT2D eigenvalue weighted by atomic mass is 32.2. The molecule has 2 heterocycles. The van der Waals surface area contributed by atoms with E-state index in [1.807, 2.05) is 31.1 Å². The van der Waals surface area contributed by atoms with E-state index in [1.54, 1.807) is 12.3 Å². The minimum Gasteiger partial charge on any atom is -0.486 e. The number of ether oxygens (including phenoxy) is 2. The van der Waals surface area contributed by atoms with Gasteiger partial charge in [0.2, 0.25) is 15.9 Å². The van der Waals surface area contributed by atoms with Crippen LogP contribution in [0.1, 0.15) is 31.2 Å². The zero-order valence-corrected chi connectivity index (χ0v) is 19.3. The number of carbonyl (C=O) groups excluding carboxylic acids is 1. The van der Waals surface area contributed by atoms with E-state index in [-0.39, 0.29) is 10.8 Å². The van der Waals surface area contributed by atoms with Gasteiger partial charge in [-0.25, -0.2) is 18.1 Å². The lowest BCUT2D eigenvalue weighted by molar-refractivity contribution is -0.121. The van der Waals surface area contributed by atoms with Gasteiger partial charge in [0.25, 0.3) is 0 Å². The lowest BCUT2D eigenvalue weighted by atomic mass is 10.2. The Balaban J connectivity index is 1.31. The number of pyridine rings is 1. The van der Waals surface area contributed by atoms with Gasteiger partial charge in [-0.1, -0.05) is 12.5 Å². The number of sulfonamides is 1. The van der Waals surface area contributed by atoms with E-state index in [9.17, 15) is 13.2 Å². The summed E-state index contributed by atoms with van der Waals surface area (Å²) in [5, 5.41) is 2.88. The Morgan fingerprint density at radius 1 is 1.06 bits per heavy atom. The fraction of sp³-hybridized carbons (Fsp3) is 0.455. The van der Waals surface area contributed by atoms with Crippen LogP contribution in [0.5, 0.6) is 11.5 Å². The molecule has 1 amide bonds. The van der Waals surface area contributed by atoms with Crippen molar-refractivity contribution in [1.82, 2.24) is 15.0 Å². The first-order chi connectivity index (χ1) is 15.3. The Kier molecular flexibility index (Phi) is 8.29. The van der Waals surface area contributed by atoms with Crippen LogP contribution in [0.2, 0.25) is 0 Å².